The number of ether oxygens (including phenoxy) is 1. The van der Waals surface area contributed by atoms with Gasteiger partial charge in [0.1, 0.15) is 12.4 Å². The molecule has 0 spiro atoms. The minimum absolute atomic E-state index is 0.284. The Morgan fingerprint density at radius 3 is 2.63 bits per heavy atom. The van der Waals surface area contributed by atoms with Crippen molar-refractivity contribution < 1.29 is 4.74 Å². The van der Waals surface area contributed by atoms with E-state index in [1.165, 1.54) is 5.56 Å². The molecule has 0 bridgehead atoms. The fraction of sp³-hybridized carbons (Fsp3) is 0.591. The number of nitrogens with zero attached hydrogens (tertiary/aromatic N) is 6. The number of hydrogen-bond acceptors (Lipinski definition) is 5. The Labute approximate surface area is 178 Å². The van der Waals surface area contributed by atoms with Crippen LogP contribution in [0.25, 0.3) is 0 Å². The highest BCUT2D eigenvalue weighted by molar-refractivity contribution is 5.80. The van der Waals surface area contributed by atoms with Gasteiger partial charge in [-0.1, -0.05) is 30.3 Å². The molecule has 30 heavy (non-hydrogen) atoms. The number of aliphatic imine (C=N–C) groups is 1. The molecule has 0 radical (unpaired) electrons. The normalized spacial score (nSPS) is 20.7. The Morgan fingerprint density at radius 1 is 1.17 bits per heavy atom. The molecule has 3 heterocycles. The lowest BCUT2D eigenvalue weighted by Crippen LogP contribution is -2.53. The smallest absolute Gasteiger partial charge is 0.194 e. The molecule has 2 aliphatic rings. The second-order valence-corrected chi connectivity index (χ2v) is 8.13. The van der Waals surface area contributed by atoms with Gasteiger partial charge in [0.25, 0.3) is 0 Å². The Kier molecular flexibility index (Phi) is 6.96. The van der Waals surface area contributed by atoms with E-state index in [2.05, 4.69) is 55.6 Å². The van der Waals surface area contributed by atoms with Crippen molar-refractivity contribution in [1.82, 2.24) is 29.9 Å². The van der Waals surface area contributed by atoms with E-state index < -0.39 is 0 Å². The summed E-state index contributed by atoms with van der Waals surface area (Å²) in [6.07, 6.45) is 2.55. The zero-order valence-electron chi connectivity index (χ0n) is 18.1. The summed E-state index contributed by atoms with van der Waals surface area (Å²) in [6.45, 7) is 9.14. The highest BCUT2D eigenvalue weighted by atomic mass is 16.5. The lowest BCUT2D eigenvalue weighted by Gasteiger charge is -2.36. The molecule has 2 aromatic rings. The van der Waals surface area contributed by atoms with Crippen molar-refractivity contribution in [1.29, 1.82) is 0 Å². The molecule has 1 atom stereocenters. The average molecular weight is 412 g/mol. The van der Waals surface area contributed by atoms with Crippen LogP contribution < -0.4 is 5.32 Å². The zero-order valence-corrected chi connectivity index (χ0v) is 18.1. The molecule has 0 saturated carbocycles. The monoisotopic (exact) mass is 411 g/mol. The van der Waals surface area contributed by atoms with Crippen LogP contribution in [0.3, 0.4) is 0 Å². The van der Waals surface area contributed by atoms with Gasteiger partial charge in [0, 0.05) is 52.9 Å². The van der Waals surface area contributed by atoms with Gasteiger partial charge in [-0.2, -0.15) is 0 Å². The molecule has 0 aliphatic carbocycles. The first-order chi connectivity index (χ1) is 14.7. The van der Waals surface area contributed by atoms with Crippen molar-refractivity contribution in [3.8, 4) is 0 Å². The van der Waals surface area contributed by atoms with Crippen LogP contribution in [0.2, 0.25) is 0 Å². The molecule has 4 rings (SSSR count). The maximum absolute atomic E-state index is 5.79. The van der Waals surface area contributed by atoms with Crippen LogP contribution in [-0.2, 0) is 24.9 Å². The minimum Gasteiger partial charge on any atom is -0.376 e. The third-order valence-electron chi connectivity index (χ3n) is 5.99. The fourth-order valence-corrected chi connectivity index (χ4v) is 3.97. The average Bonchev–Trinajstić information content (AvgIpc) is 3.40. The quantitative estimate of drug-likeness (QED) is 0.575. The first-order valence-electron chi connectivity index (χ1n) is 10.9. The summed E-state index contributed by atoms with van der Waals surface area (Å²) in [5.74, 6) is 2.74. The Balaban J connectivity index is 1.37. The van der Waals surface area contributed by atoms with Crippen molar-refractivity contribution in [2.45, 2.75) is 39.0 Å². The van der Waals surface area contributed by atoms with E-state index in [1.807, 2.05) is 18.5 Å². The third kappa shape index (κ3) is 5.37. The molecule has 1 N–H and O–H groups in total. The summed E-state index contributed by atoms with van der Waals surface area (Å²) in [5.41, 5.74) is 1.37. The summed E-state index contributed by atoms with van der Waals surface area (Å²) in [6, 6.07) is 10.7. The molecular weight excluding hydrogens is 378 g/mol. The first kappa shape index (κ1) is 20.8. The van der Waals surface area contributed by atoms with Gasteiger partial charge in [0.2, 0.25) is 0 Å². The van der Waals surface area contributed by atoms with E-state index in [-0.39, 0.29) is 6.10 Å². The van der Waals surface area contributed by atoms with Gasteiger partial charge < -0.3 is 19.5 Å². The van der Waals surface area contributed by atoms with Gasteiger partial charge in [-0.25, -0.2) is 4.99 Å². The lowest BCUT2D eigenvalue weighted by molar-refractivity contribution is 0.112. The molecular formula is C22H33N7O. The number of benzene rings is 1. The van der Waals surface area contributed by atoms with Crippen molar-refractivity contribution in [3.63, 3.8) is 0 Å². The molecule has 2 aliphatic heterocycles. The van der Waals surface area contributed by atoms with E-state index >= 15 is 0 Å². The van der Waals surface area contributed by atoms with Crippen LogP contribution in [0.1, 0.15) is 30.1 Å². The largest absolute Gasteiger partial charge is 0.376 e. The van der Waals surface area contributed by atoms with Gasteiger partial charge in [0.15, 0.2) is 11.8 Å². The number of rotatable bonds is 6. The number of guanidine groups is 1. The second kappa shape index (κ2) is 10.0. The van der Waals surface area contributed by atoms with Gasteiger partial charge in [0.05, 0.1) is 6.10 Å². The topological polar surface area (TPSA) is 70.8 Å². The molecule has 8 nitrogen and oxygen atoms in total. The van der Waals surface area contributed by atoms with E-state index in [4.69, 9.17) is 9.73 Å². The molecule has 0 amide bonds. The Morgan fingerprint density at radius 2 is 1.97 bits per heavy atom. The van der Waals surface area contributed by atoms with Gasteiger partial charge in [-0.05, 0) is 25.3 Å². The van der Waals surface area contributed by atoms with Gasteiger partial charge in [-0.15, -0.1) is 10.2 Å². The number of piperazine rings is 1. The SMILES string of the molecule is Cc1nnc(CN=C(NCC2CCCO2)N2CCN(Cc3ccccc3)CC2)n1C. The van der Waals surface area contributed by atoms with E-state index in [0.29, 0.717) is 6.54 Å². The van der Waals surface area contributed by atoms with E-state index in [1.54, 1.807) is 0 Å². The van der Waals surface area contributed by atoms with Crippen LogP contribution in [-0.4, -0.2) is 76.0 Å². The predicted octanol–water partition coefficient (Wildman–Crippen LogP) is 1.57. The summed E-state index contributed by atoms with van der Waals surface area (Å²) in [7, 11) is 1.99. The fourth-order valence-electron chi connectivity index (χ4n) is 3.97. The summed E-state index contributed by atoms with van der Waals surface area (Å²) < 4.78 is 7.79. The number of nitrogens with one attached hydrogen (secondary N) is 1. The van der Waals surface area contributed by atoms with Gasteiger partial charge >= 0.3 is 0 Å². The minimum atomic E-state index is 0.284. The van der Waals surface area contributed by atoms with Crippen molar-refractivity contribution >= 4 is 5.96 Å². The molecule has 2 saturated heterocycles. The Bertz CT molecular complexity index is 821. The summed E-state index contributed by atoms with van der Waals surface area (Å²) in [5, 5.41) is 12.0. The van der Waals surface area contributed by atoms with E-state index in [0.717, 1.165) is 76.3 Å². The number of aryl methyl sites for hydroxylation is 1. The Hall–Kier alpha value is -2.45. The number of hydrogen-bond donors (Lipinski definition) is 1. The summed E-state index contributed by atoms with van der Waals surface area (Å²) in [4.78, 5) is 9.77. The molecule has 1 unspecified atom stereocenters. The van der Waals surface area contributed by atoms with Crippen molar-refractivity contribution in [2.24, 2.45) is 12.0 Å². The van der Waals surface area contributed by atoms with E-state index in [9.17, 15) is 0 Å². The van der Waals surface area contributed by atoms with Crippen LogP contribution in [0, 0.1) is 6.92 Å². The van der Waals surface area contributed by atoms with Crippen LogP contribution in [0.5, 0.6) is 0 Å². The maximum atomic E-state index is 5.79. The standard InChI is InChI=1S/C22H33N7O/c1-18-25-26-21(27(18)2)16-24-22(23-15-20-9-6-14-30-20)29-12-10-28(11-13-29)17-19-7-4-3-5-8-19/h3-5,7-8,20H,6,9-17H2,1-2H3,(H,23,24). The van der Waals surface area contributed by atoms with Crippen LogP contribution in [0.4, 0.5) is 0 Å². The molecule has 1 aromatic heterocycles. The van der Waals surface area contributed by atoms with Crippen molar-refractivity contribution in [3.05, 3.63) is 47.5 Å². The number of aromatic nitrogens is 3. The lowest BCUT2D eigenvalue weighted by atomic mass is 10.2. The summed E-state index contributed by atoms with van der Waals surface area (Å²) >= 11 is 0. The predicted molar refractivity (Wildman–Crippen MR) is 117 cm³/mol. The van der Waals surface area contributed by atoms with Crippen molar-refractivity contribution in [2.75, 3.05) is 39.3 Å². The highest BCUT2D eigenvalue weighted by Crippen LogP contribution is 2.12. The maximum Gasteiger partial charge on any atom is 0.194 e. The molecule has 2 fully saturated rings. The first-order valence-corrected chi connectivity index (χ1v) is 10.9. The van der Waals surface area contributed by atoms with Crippen LogP contribution >= 0.6 is 0 Å². The third-order valence-corrected chi connectivity index (χ3v) is 5.99. The van der Waals surface area contributed by atoms with Crippen LogP contribution in [0.15, 0.2) is 35.3 Å². The second-order valence-electron chi connectivity index (χ2n) is 8.13. The molecule has 162 valence electrons. The molecule has 1 aromatic carbocycles. The van der Waals surface area contributed by atoms with Gasteiger partial charge in [-0.3, -0.25) is 4.90 Å². The highest BCUT2D eigenvalue weighted by Gasteiger charge is 2.22. The zero-order chi connectivity index (χ0) is 20.8. The molecule has 8 heteroatoms.